The molecule has 1 aromatic carbocycles. The maximum absolute atomic E-state index is 11.0. The maximum Gasteiger partial charge on any atom is 0.307 e. The second kappa shape index (κ2) is 4.86. The van der Waals surface area contributed by atoms with Crippen LogP contribution in [0.25, 0.3) is 11.1 Å². The lowest BCUT2D eigenvalue weighted by atomic mass is 10.2. The van der Waals surface area contributed by atoms with E-state index in [4.69, 9.17) is 4.42 Å². The lowest BCUT2D eigenvalue weighted by Gasteiger charge is -2.18. The Morgan fingerprint density at radius 2 is 2.35 bits per heavy atom. The average molecular weight is 234 g/mol. The summed E-state index contributed by atoms with van der Waals surface area (Å²) >= 11 is 0. The van der Waals surface area contributed by atoms with Gasteiger partial charge in [-0.1, -0.05) is 0 Å². The number of rotatable bonds is 4. The molecule has 0 aliphatic carbocycles. The van der Waals surface area contributed by atoms with Gasteiger partial charge in [-0.3, -0.25) is 4.79 Å². The van der Waals surface area contributed by atoms with Gasteiger partial charge in [0.05, 0.1) is 13.5 Å². The molecule has 0 fully saturated rings. The first-order valence-electron chi connectivity index (χ1n) is 5.32. The molecule has 0 spiro atoms. The zero-order valence-electron chi connectivity index (χ0n) is 9.84. The van der Waals surface area contributed by atoms with Gasteiger partial charge in [-0.25, -0.2) is 4.98 Å². The zero-order valence-corrected chi connectivity index (χ0v) is 9.84. The SMILES string of the molecule is COC(=O)CCN(C)c1ccc2ncoc2c1. The Bertz CT molecular complexity index is 521. The van der Waals surface area contributed by atoms with E-state index in [0.717, 1.165) is 16.8 Å². The molecule has 0 aliphatic heterocycles. The van der Waals surface area contributed by atoms with Crippen LogP contribution in [-0.2, 0) is 9.53 Å². The average Bonchev–Trinajstić information content (AvgIpc) is 2.82. The molecule has 90 valence electrons. The Hall–Kier alpha value is -2.04. The second-order valence-corrected chi connectivity index (χ2v) is 3.75. The Balaban J connectivity index is 2.07. The van der Waals surface area contributed by atoms with E-state index in [1.54, 1.807) is 0 Å². The van der Waals surface area contributed by atoms with Gasteiger partial charge in [0.25, 0.3) is 0 Å². The number of ether oxygens (including phenoxy) is 1. The summed E-state index contributed by atoms with van der Waals surface area (Å²) in [5, 5.41) is 0. The summed E-state index contributed by atoms with van der Waals surface area (Å²) in [4.78, 5) is 17.1. The number of carbonyl (C=O) groups excluding carboxylic acids is 1. The van der Waals surface area contributed by atoms with Crippen molar-refractivity contribution in [1.29, 1.82) is 0 Å². The van der Waals surface area contributed by atoms with Gasteiger partial charge in [0.2, 0.25) is 0 Å². The highest BCUT2D eigenvalue weighted by Gasteiger charge is 2.07. The predicted octanol–water partition coefficient (Wildman–Crippen LogP) is 1.83. The molecular weight excluding hydrogens is 220 g/mol. The van der Waals surface area contributed by atoms with E-state index in [1.165, 1.54) is 13.5 Å². The van der Waals surface area contributed by atoms with Gasteiger partial charge < -0.3 is 14.1 Å². The molecule has 2 aromatic rings. The standard InChI is InChI=1S/C12H14N2O3/c1-14(6-5-12(15)16-2)9-3-4-10-11(7-9)17-8-13-10/h3-4,7-8H,5-6H2,1-2H3. The molecule has 0 N–H and O–H groups in total. The first kappa shape index (κ1) is 11.4. The number of aromatic nitrogens is 1. The highest BCUT2D eigenvalue weighted by molar-refractivity contribution is 5.77. The van der Waals surface area contributed by atoms with Crippen LogP contribution in [0.1, 0.15) is 6.42 Å². The Kier molecular flexibility index (Phi) is 3.27. The summed E-state index contributed by atoms with van der Waals surface area (Å²) in [7, 11) is 3.31. The summed E-state index contributed by atoms with van der Waals surface area (Å²) in [5.41, 5.74) is 2.56. The molecular formula is C12H14N2O3. The fourth-order valence-electron chi connectivity index (χ4n) is 1.57. The molecule has 0 saturated heterocycles. The molecule has 0 aliphatic rings. The van der Waals surface area contributed by atoms with Gasteiger partial charge in [0.1, 0.15) is 5.52 Å². The molecule has 0 saturated carbocycles. The molecule has 0 radical (unpaired) electrons. The lowest BCUT2D eigenvalue weighted by Crippen LogP contribution is -2.21. The number of fused-ring (bicyclic) bond motifs is 1. The molecule has 2 rings (SSSR count). The van der Waals surface area contributed by atoms with Gasteiger partial charge in [-0.15, -0.1) is 0 Å². The first-order valence-corrected chi connectivity index (χ1v) is 5.32. The summed E-state index contributed by atoms with van der Waals surface area (Å²) in [6.07, 6.45) is 1.78. The Labute approximate surface area is 99.0 Å². The summed E-state index contributed by atoms with van der Waals surface area (Å²) in [6, 6.07) is 5.74. The molecule has 1 heterocycles. The van der Waals surface area contributed by atoms with Crippen LogP contribution in [0, 0.1) is 0 Å². The van der Waals surface area contributed by atoms with Crippen molar-refractivity contribution < 1.29 is 13.9 Å². The first-order chi connectivity index (χ1) is 8.20. The molecule has 5 heteroatoms. The fraction of sp³-hybridized carbons (Fsp3) is 0.333. The third-order valence-electron chi connectivity index (χ3n) is 2.63. The predicted molar refractivity (Wildman–Crippen MR) is 63.9 cm³/mol. The smallest absolute Gasteiger partial charge is 0.307 e. The highest BCUT2D eigenvalue weighted by atomic mass is 16.5. The van der Waals surface area contributed by atoms with Gasteiger partial charge in [0.15, 0.2) is 12.0 Å². The molecule has 0 amide bonds. The number of methoxy groups -OCH3 is 1. The van der Waals surface area contributed by atoms with Crippen molar-refractivity contribution >= 4 is 22.8 Å². The van der Waals surface area contributed by atoms with Crippen LogP contribution in [0.4, 0.5) is 5.69 Å². The molecule has 17 heavy (non-hydrogen) atoms. The van der Waals surface area contributed by atoms with Gasteiger partial charge in [0, 0.05) is 25.3 Å². The van der Waals surface area contributed by atoms with E-state index in [9.17, 15) is 4.79 Å². The number of carbonyl (C=O) groups is 1. The monoisotopic (exact) mass is 234 g/mol. The minimum Gasteiger partial charge on any atom is -0.469 e. The van der Waals surface area contributed by atoms with Crippen LogP contribution >= 0.6 is 0 Å². The van der Waals surface area contributed by atoms with Crippen LogP contribution < -0.4 is 4.90 Å². The molecule has 1 aromatic heterocycles. The van der Waals surface area contributed by atoms with Crippen molar-refractivity contribution in [3.8, 4) is 0 Å². The van der Waals surface area contributed by atoms with Crippen molar-refractivity contribution in [2.75, 3.05) is 25.6 Å². The summed E-state index contributed by atoms with van der Waals surface area (Å²) in [6.45, 7) is 0.603. The van der Waals surface area contributed by atoms with E-state index in [1.807, 2.05) is 30.1 Å². The van der Waals surface area contributed by atoms with Crippen molar-refractivity contribution in [1.82, 2.24) is 4.98 Å². The third-order valence-corrected chi connectivity index (χ3v) is 2.63. The van der Waals surface area contributed by atoms with E-state index >= 15 is 0 Å². The van der Waals surface area contributed by atoms with Crippen LogP contribution in [-0.4, -0.2) is 31.7 Å². The van der Waals surface area contributed by atoms with E-state index < -0.39 is 0 Å². The molecule has 5 nitrogen and oxygen atoms in total. The van der Waals surface area contributed by atoms with Crippen LogP contribution in [0.3, 0.4) is 0 Å². The number of benzene rings is 1. The van der Waals surface area contributed by atoms with Crippen molar-refractivity contribution in [2.45, 2.75) is 6.42 Å². The topological polar surface area (TPSA) is 55.6 Å². The largest absolute Gasteiger partial charge is 0.469 e. The summed E-state index contributed by atoms with van der Waals surface area (Å²) < 4.78 is 9.83. The van der Waals surface area contributed by atoms with E-state index in [-0.39, 0.29) is 5.97 Å². The van der Waals surface area contributed by atoms with Gasteiger partial charge in [-0.05, 0) is 12.1 Å². The number of hydrogen-bond acceptors (Lipinski definition) is 5. The van der Waals surface area contributed by atoms with Gasteiger partial charge in [-0.2, -0.15) is 0 Å². The van der Waals surface area contributed by atoms with Gasteiger partial charge >= 0.3 is 5.97 Å². The fourth-order valence-corrected chi connectivity index (χ4v) is 1.57. The quantitative estimate of drug-likeness (QED) is 0.755. The third kappa shape index (κ3) is 2.55. The normalized spacial score (nSPS) is 10.5. The zero-order chi connectivity index (χ0) is 12.3. The van der Waals surface area contributed by atoms with Crippen molar-refractivity contribution in [3.63, 3.8) is 0 Å². The number of oxazole rings is 1. The minimum absolute atomic E-state index is 0.211. The number of hydrogen-bond donors (Lipinski definition) is 0. The van der Waals surface area contributed by atoms with Crippen LogP contribution in [0.2, 0.25) is 0 Å². The molecule has 0 bridgehead atoms. The van der Waals surface area contributed by atoms with Crippen LogP contribution in [0.5, 0.6) is 0 Å². The number of anilines is 1. The molecule has 0 atom stereocenters. The number of nitrogens with zero attached hydrogens (tertiary/aromatic N) is 2. The summed E-state index contributed by atoms with van der Waals surface area (Å²) in [5.74, 6) is -0.211. The maximum atomic E-state index is 11.0. The van der Waals surface area contributed by atoms with E-state index in [0.29, 0.717) is 13.0 Å². The van der Waals surface area contributed by atoms with Crippen LogP contribution in [0.15, 0.2) is 29.0 Å². The second-order valence-electron chi connectivity index (χ2n) is 3.75. The Morgan fingerprint density at radius 3 is 3.12 bits per heavy atom. The Morgan fingerprint density at radius 1 is 1.53 bits per heavy atom. The highest BCUT2D eigenvalue weighted by Crippen LogP contribution is 2.20. The number of esters is 1. The minimum atomic E-state index is -0.211. The van der Waals surface area contributed by atoms with E-state index in [2.05, 4.69) is 9.72 Å². The lowest BCUT2D eigenvalue weighted by molar-refractivity contribution is -0.140. The molecule has 0 unspecified atom stereocenters. The van der Waals surface area contributed by atoms with Crippen molar-refractivity contribution in [3.05, 3.63) is 24.6 Å². The van der Waals surface area contributed by atoms with Crippen molar-refractivity contribution in [2.24, 2.45) is 0 Å².